The molecule has 13 heavy (non-hydrogen) atoms. The van der Waals surface area contributed by atoms with Gasteiger partial charge in [-0.05, 0) is 37.5 Å². The van der Waals surface area contributed by atoms with E-state index < -0.39 is 0 Å². The Bertz CT molecular complexity index is 207. The SMILES string of the molecule is CCC(O)C1(C)CC=C(C)CC1C. The van der Waals surface area contributed by atoms with E-state index in [1.807, 2.05) is 0 Å². The Balaban J connectivity index is 2.79. The highest BCUT2D eigenvalue weighted by Gasteiger charge is 2.38. The molecule has 1 aliphatic rings. The molecule has 0 fully saturated rings. The number of hydrogen-bond acceptors (Lipinski definition) is 1. The standard InChI is InChI=1S/C12H22O/c1-5-11(13)12(4)7-6-9(2)8-10(12)3/h6,10-11,13H,5,7-8H2,1-4H3. The largest absolute Gasteiger partial charge is 0.393 e. The lowest BCUT2D eigenvalue weighted by Gasteiger charge is -2.42. The summed E-state index contributed by atoms with van der Waals surface area (Å²) < 4.78 is 0. The van der Waals surface area contributed by atoms with Gasteiger partial charge in [0.25, 0.3) is 0 Å². The maximum absolute atomic E-state index is 9.97. The molecule has 3 atom stereocenters. The van der Waals surface area contributed by atoms with Gasteiger partial charge in [0, 0.05) is 0 Å². The van der Waals surface area contributed by atoms with E-state index in [-0.39, 0.29) is 11.5 Å². The lowest BCUT2D eigenvalue weighted by molar-refractivity contribution is -0.00673. The first-order chi connectivity index (χ1) is 6.00. The summed E-state index contributed by atoms with van der Waals surface area (Å²) in [6.45, 7) is 8.73. The Morgan fingerprint density at radius 3 is 2.77 bits per heavy atom. The van der Waals surface area contributed by atoms with Gasteiger partial charge in [0.1, 0.15) is 0 Å². The molecule has 1 aliphatic carbocycles. The van der Waals surface area contributed by atoms with Crippen molar-refractivity contribution in [3.05, 3.63) is 11.6 Å². The van der Waals surface area contributed by atoms with E-state index in [4.69, 9.17) is 0 Å². The monoisotopic (exact) mass is 182 g/mol. The first kappa shape index (κ1) is 10.8. The van der Waals surface area contributed by atoms with E-state index in [0.717, 1.165) is 19.3 Å². The zero-order valence-corrected chi connectivity index (χ0v) is 9.30. The van der Waals surface area contributed by atoms with Crippen molar-refractivity contribution in [3.63, 3.8) is 0 Å². The van der Waals surface area contributed by atoms with Gasteiger partial charge in [0.2, 0.25) is 0 Å². The van der Waals surface area contributed by atoms with Crippen LogP contribution in [-0.4, -0.2) is 11.2 Å². The predicted molar refractivity (Wildman–Crippen MR) is 56.6 cm³/mol. The van der Waals surface area contributed by atoms with E-state index in [2.05, 4.69) is 33.8 Å². The predicted octanol–water partition coefficient (Wildman–Crippen LogP) is 3.14. The van der Waals surface area contributed by atoms with Crippen molar-refractivity contribution < 1.29 is 5.11 Å². The zero-order chi connectivity index (χ0) is 10.1. The average Bonchev–Trinajstić information content (AvgIpc) is 2.11. The van der Waals surface area contributed by atoms with Gasteiger partial charge in [0.05, 0.1) is 6.10 Å². The first-order valence-electron chi connectivity index (χ1n) is 5.34. The van der Waals surface area contributed by atoms with Crippen LogP contribution in [-0.2, 0) is 0 Å². The molecule has 0 aromatic heterocycles. The summed E-state index contributed by atoms with van der Waals surface area (Å²) in [5, 5.41) is 9.97. The molecule has 0 radical (unpaired) electrons. The summed E-state index contributed by atoms with van der Waals surface area (Å²) in [6.07, 6.45) is 5.20. The minimum Gasteiger partial charge on any atom is -0.393 e. The average molecular weight is 182 g/mol. The van der Waals surface area contributed by atoms with Crippen LogP contribution in [0, 0.1) is 11.3 Å². The quantitative estimate of drug-likeness (QED) is 0.650. The molecule has 3 unspecified atom stereocenters. The third kappa shape index (κ3) is 1.96. The maximum atomic E-state index is 9.97. The molecular weight excluding hydrogens is 160 g/mol. The van der Waals surface area contributed by atoms with Gasteiger partial charge in [0.15, 0.2) is 0 Å². The Kier molecular flexibility index (Phi) is 3.18. The molecule has 0 aliphatic heterocycles. The van der Waals surface area contributed by atoms with Crippen LogP contribution >= 0.6 is 0 Å². The molecule has 0 aromatic carbocycles. The molecule has 0 saturated carbocycles. The number of aliphatic hydroxyl groups is 1. The maximum Gasteiger partial charge on any atom is 0.0596 e. The lowest BCUT2D eigenvalue weighted by Crippen LogP contribution is -2.39. The van der Waals surface area contributed by atoms with Crippen LogP contribution < -0.4 is 0 Å². The molecule has 1 nitrogen and oxygen atoms in total. The molecule has 0 saturated heterocycles. The van der Waals surface area contributed by atoms with E-state index in [1.54, 1.807) is 0 Å². The highest BCUT2D eigenvalue weighted by Crippen LogP contribution is 2.43. The second-order valence-electron chi connectivity index (χ2n) is 4.79. The molecule has 0 heterocycles. The van der Waals surface area contributed by atoms with Gasteiger partial charge < -0.3 is 5.11 Å². The van der Waals surface area contributed by atoms with E-state index in [1.165, 1.54) is 5.57 Å². The molecule has 0 spiro atoms. The Labute approximate surface area is 81.9 Å². The van der Waals surface area contributed by atoms with Crippen molar-refractivity contribution in [3.8, 4) is 0 Å². The fourth-order valence-electron chi connectivity index (χ4n) is 2.33. The minimum absolute atomic E-state index is 0.105. The van der Waals surface area contributed by atoms with Crippen LogP contribution in [0.1, 0.15) is 47.0 Å². The van der Waals surface area contributed by atoms with E-state index in [0.29, 0.717) is 5.92 Å². The number of aliphatic hydroxyl groups excluding tert-OH is 1. The van der Waals surface area contributed by atoms with Gasteiger partial charge in [-0.15, -0.1) is 0 Å². The van der Waals surface area contributed by atoms with Crippen LogP contribution in [0.2, 0.25) is 0 Å². The van der Waals surface area contributed by atoms with Gasteiger partial charge >= 0.3 is 0 Å². The van der Waals surface area contributed by atoms with Gasteiger partial charge in [-0.25, -0.2) is 0 Å². The van der Waals surface area contributed by atoms with E-state index in [9.17, 15) is 5.11 Å². The molecule has 1 N–H and O–H groups in total. The van der Waals surface area contributed by atoms with Crippen LogP contribution in [0.4, 0.5) is 0 Å². The van der Waals surface area contributed by atoms with Crippen LogP contribution in [0.5, 0.6) is 0 Å². The second-order valence-corrected chi connectivity index (χ2v) is 4.79. The molecular formula is C12H22O. The van der Waals surface area contributed by atoms with Crippen molar-refractivity contribution in [1.82, 2.24) is 0 Å². The molecule has 76 valence electrons. The van der Waals surface area contributed by atoms with E-state index >= 15 is 0 Å². The smallest absolute Gasteiger partial charge is 0.0596 e. The number of rotatable bonds is 2. The van der Waals surface area contributed by atoms with Crippen molar-refractivity contribution in [2.45, 2.75) is 53.1 Å². The molecule has 1 rings (SSSR count). The summed E-state index contributed by atoms with van der Waals surface area (Å²) in [7, 11) is 0. The Hall–Kier alpha value is -0.300. The Morgan fingerprint density at radius 1 is 1.69 bits per heavy atom. The Morgan fingerprint density at radius 2 is 2.31 bits per heavy atom. The van der Waals surface area contributed by atoms with Gasteiger partial charge in [-0.2, -0.15) is 0 Å². The van der Waals surface area contributed by atoms with Crippen LogP contribution in [0.25, 0.3) is 0 Å². The summed E-state index contributed by atoms with van der Waals surface area (Å²) in [6, 6.07) is 0. The van der Waals surface area contributed by atoms with Gasteiger partial charge in [-0.3, -0.25) is 0 Å². The first-order valence-corrected chi connectivity index (χ1v) is 5.34. The summed E-state index contributed by atoms with van der Waals surface area (Å²) in [5.41, 5.74) is 1.59. The second kappa shape index (κ2) is 3.83. The fourth-order valence-corrected chi connectivity index (χ4v) is 2.33. The third-order valence-electron chi connectivity index (χ3n) is 3.79. The van der Waals surface area contributed by atoms with Crippen molar-refractivity contribution in [2.24, 2.45) is 11.3 Å². The summed E-state index contributed by atoms with van der Waals surface area (Å²) in [4.78, 5) is 0. The highest BCUT2D eigenvalue weighted by molar-refractivity contribution is 5.10. The minimum atomic E-state index is -0.146. The molecule has 0 bridgehead atoms. The summed E-state index contributed by atoms with van der Waals surface area (Å²) >= 11 is 0. The fraction of sp³-hybridized carbons (Fsp3) is 0.833. The third-order valence-corrected chi connectivity index (χ3v) is 3.79. The topological polar surface area (TPSA) is 20.2 Å². The number of allylic oxidation sites excluding steroid dienone is 2. The molecule has 0 amide bonds. The van der Waals surface area contributed by atoms with Crippen molar-refractivity contribution in [1.29, 1.82) is 0 Å². The normalized spacial score (nSPS) is 37.0. The van der Waals surface area contributed by atoms with Crippen molar-refractivity contribution >= 4 is 0 Å². The summed E-state index contributed by atoms with van der Waals surface area (Å²) in [5.74, 6) is 0.604. The molecule has 0 aromatic rings. The molecule has 1 heteroatoms. The van der Waals surface area contributed by atoms with Crippen LogP contribution in [0.3, 0.4) is 0 Å². The zero-order valence-electron chi connectivity index (χ0n) is 9.30. The number of hydrogen-bond donors (Lipinski definition) is 1. The lowest BCUT2D eigenvalue weighted by atomic mass is 9.65. The highest BCUT2D eigenvalue weighted by atomic mass is 16.3. The van der Waals surface area contributed by atoms with Crippen LogP contribution in [0.15, 0.2) is 11.6 Å². The van der Waals surface area contributed by atoms with Crippen molar-refractivity contribution in [2.75, 3.05) is 0 Å². The van der Waals surface area contributed by atoms with Gasteiger partial charge in [-0.1, -0.05) is 32.4 Å².